The maximum absolute atomic E-state index is 12.9. The number of hydrogen-bond acceptors (Lipinski definition) is 5. The highest BCUT2D eigenvalue weighted by Crippen LogP contribution is 2.26. The van der Waals surface area contributed by atoms with Crippen LogP contribution >= 0.6 is 0 Å². The summed E-state index contributed by atoms with van der Waals surface area (Å²) in [5.74, 6) is 1.34. The zero-order chi connectivity index (χ0) is 15.2. The normalized spacial score (nSPS) is 10.4. The average molecular weight is 290 g/mol. The molecule has 0 saturated carbocycles. The minimum atomic E-state index is -0.257. The lowest BCUT2D eigenvalue weighted by Crippen LogP contribution is -2.10. The number of nitrogens with zero attached hydrogens (tertiary/aromatic N) is 2. The molecule has 0 fully saturated rings. The first-order chi connectivity index (χ1) is 10.1. The van der Waals surface area contributed by atoms with Crippen LogP contribution < -0.4 is 15.8 Å². The Balaban J connectivity index is 2.18. The first-order valence-corrected chi connectivity index (χ1v) is 6.91. The van der Waals surface area contributed by atoms with E-state index in [1.165, 1.54) is 12.1 Å². The van der Waals surface area contributed by atoms with E-state index in [2.05, 4.69) is 15.3 Å². The molecule has 1 aromatic carbocycles. The number of benzene rings is 1. The van der Waals surface area contributed by atoms with Gasteiger partial charge in [0.25, 0.3) is 0 Å². The number of hydrogen-bond donors (Lipinski definition) is 2. The molecule has 3 N–H and O–H groups in total. The first kappa shape index (κ1) is 15.0. The van der Waals surface area contributed by atoms with E-state index < -0.39 is 0 Å². The van der Waals surface area contributed by atoms with E-state index in [4.69, 9.17) is 10.5 Å². The Labute approximate surface area is 123 Å². The molecule has 5 nitrogen and oxygen atoms in total. The minimum absolute atomic E-state index is 0.257. The Kier molecular flexibility index (Phi) is 4.92. The maximum Gasteiger partial charge on any atom is 0.242 e. The molecule has 6 heteroatoms. The molecule has 0 atom stereocenters. The van der Waals surface area contributed by atoms with Crippen LogP contribution in [0.25, 0.3) is 0 Å². The van der Waals surface area contributed by atoms with E-state index in [1.807, 2.05) is 13.8 Å². The molecule has 0 aliphatic heterocycles. The van der Waals surface area contributed by atoms with Gasteiger partial charge in [-0.1, -0.05) is 19.1 Å². The van der Waals surface area contributed by atoms with Gasteiger partial charge in [0.05, 0.1) is 6.61 Å². The molecule has 0 radical (unpaired) electrons. The van der Waals surface area contributed by atoms with Crippen molar-refractivity contribution in [3.63, 3.8) is 0 Å². The van der Waals surface area contributed by atoms with Gasteiger partial charge < -0.3 is 15.8 Å². The molecule has 0 aliphatic rings. The Morgan fingerprint density at radius 3 is 2.52 bits per heavy atom. The van der Waals surface area contributed by atoms with E-state index in [0.29, 0.717) is 42.8 Å². The van der Waals surface area contributed by atoms with Crippen LogP contribution in [0.5, 0.6) is 5.88 Å². The number of nitrogen functional groups attached to an aromatic ring is 1. The van der Waals surface area contributed by atoms with Crippen LogP contribution in [-0.2, 0) is 13.0 Å². The van der Waals surface area contributed by atoms with E-state index in [0.717, 1.165) is 5.56 Å². The van der Waals surface area contributed by atoms with Crippen LogP contribution in [0.15, 0.2) is 24.3 Å². The number of aromatic nitrogens is 2. The molecule has 2 aromatic rings. The number of halogens is 1. The second-order valence-corrected chi connectivity index (χ2v) is 4.47. The smallest absolute Gasteiger partial charge is 0.242 e. The van der Waals surface area contributed by atoms with Crippen LogP contribution in [-0.4, -0.2) is 16.6 Å². The van der Waals surface area contributed by atoms with Gasteiger partial charge in [0.1, 0.15) is 17.3 Å². The van der Waals surface area contributed by atoms with Crippen LogP contribution in [0.3, 0.4) is 0 Å². The standard InChI is InChI=1S/C15H19FN4O/c1-3-12-19-14(13(17)15(20-12)21-4-2)18-9-10-5-7-11(16)8-6-10/h5-8H,3-4,9,17H2,1-2H3,(H,18,19,20). The number of nitrogens with one attached hydrogen (secondary N) is 1. The second kappa shape index (κ2) is 6.88. The van der Waals surface area contributed by atoms with E-state index in [-0.39, 0.29) is 5.82 Å². The maximum atomic E-state index is 12.9. The van der Waals surface area contributed by atoms with Crippen molar-refractivity contribution in [3.8, 4) is 5.88 Å². The highest BCUT2D eigenvalue weighted by atomic mass is 19.1. The summed E-state index contributed by atoms with van der Waals surface area (Å²) < 4.78 is 18.3. The van der Waals surface area contributed by atoms with Gasteiger partial charge in [0.2, 0.25) is 5.88 Å². The van der Waals surface area contributed by atoms with Crippen molar-refractivity contribution in [1.82, 2.24) is 9.97 Å². The van der Waals surface area contributed by atoms with E-state index in [9.17, 15) is 4.39 Å². The molecule has 112 valence electrons. The average Bonchev–Trinajstić information content (AvgIpc) is 2.50. The van der Waals surface area contributed by atoms with Gasteiger partial charge in [-0.15, -0.1) is 0 Å². The first-order valence-electron chi connectivity index (χ1n) is 6.91. The summed E-state index contributed by atoms with van der Waals surface area (Å²) in [7, 11) is 0. The van der Waals surface area contributed by atoms with Gasteiger partial charge >= 0.3 is 0 Å². The van der Waals surface area contributed by atoms with Crippen LogP contribution in [0.1, 0.15) is 25.2 Å². The summed E-state index contributed by atoms with van der Waals surface area (Å²) >= 11 is 0. The molecule has 0 saturated heterocycles. The van der Waals surface area contributed by atoms with Crippen LogP contribution in [0.2, 0.25) is 0 Å². The number of anilines is 2. The fourth-order valence-electron chi connectivity index (χ4n) is 1.82. The van der Waals surface area contributed by atoms with E-state index >= 15 is 0 Å². The Morgan fingerprint density at radius 1 is 1.19 bits per heavy atom. The highest BCUT2D eigenvalue weighted by Gasteiger charge is 2.12. The summed E-state index contributed by atoms with van der Waals surface area (Å²) in [5, 5.41) is 3.14. The lowest BCUT2D eigenvalue weighted by Gasteiger charge is -2.13. The van der Waals surface area contributed by atoms with Gasteiger partial charge in [-0.2, -0.15) is 4.98 Å². The zero-order valence-corrected chi connectivity index (χ0v) is 12.2. The Bertz CT molecular complexity index is 601. The van der Waals surface area contributed by atoms with Gasteiger partial charge in [-0.05, 0) is 24.6 Å². The van der Waals surface area contributed by atoms with E-state index in [1.54, 1.807) is 12.1 Å². The SMILES string of the molecule is CCOc1nc(CC)nc(NCc2ccc(F)cc2)c1N. The second-order valence-electron chi connectivity index (χ2n) is 4.47. The summed E-state index contributed by atoms with van der Waals surface area (Å²) in [5.41, 5.74) is 7.33. The summed E-state index contributed by atoms with van der Waals surface area (Å²) in [6.45, 7) is 4.82. The molecule has 1 heterocycles. The van der Waals surface area contributed by atoms with Crippen molar-refractivity contribution >= 4 is 11.5 Å². The van der Waals surface area contributed by atoms with Gasteiger partial charge in [-0.3, -0.25) is 0 Å². The molecule has 0 amide bonds. The number of aryl methyl sites for hydroxylation is 1. The predicted molar refractivity (Wildman–Crippen MR) is 80.7 cm³/mol. The quantitative estimate of drug-likeness (QED) is 0.855. The topological polar surface area (TPSA) is 73.1 Å². The summed E-state index contributed by atoms with van der Waals surface area (Å²) in [4.78, 5) is 8.62. The van der Waals surface area contributed by atoms with Crippen molar-refractivity contribution < 1.29 is 9.13 Å². The van der Waals surface area contributed by atoms with Gasteiger partial charge in [0.15, 0.2) is 5.82 Å². The van der Waals surface area contributed by atoms with Gasteiger partial charge in [0, 0.05) is 13.0 Å². The van der Waals surface area contributed by atoms with Crippen molar-refractivity contribution in [2.45, 2.75) is 26.8 Å². The molecular formula is C15H19FN4O. The number of ether oxygens (including phenoxy) is 1. The number of nitrogens with two attached hydrogens (primary N) is 1. The summed E-state index contributed by atoms with van der Waals surface area (Å²) in [6.07, 6.45) is 0.686. The van der Waals surface area contributed by atoms with Crippen molar-refractivity contribution in [1.29, 1.82) is 0 Å². The highest BCUT2D eigenvalue weighted by molar-refractivity contribution is 5.67. The minimum Gasteiger partial charge on any atom is -0.476 e. The molecular weight excluding hydrogens is 271 g/mol. The van der Waals surface area contributed by atoms with Crippen LogP contribution in [0.4, 0.5) is 15.9 Å². The monoisotopic (exact) mass is 290 g/mol. The van der Waals surface area contributed by atoms with Gasteiger partial charge in [-0.25, -0.2) is 9.37 Å². The third-order valence-corrected chi connectivity index (χ3v) is 2.93. The molecule has 0 aliphatic carbocycles. The van der Waals surface area contributed by atoms with Crippen molar-refractivity contribution in [2.75, 3.05) is 17.7 Å². The van der Waals surface area contributed by atoms with Crippen molar-refractivity contribution in [2.24, 2.45) is 0 Å². The molecule has 2 rings (SSSR count). The molecule has 1 aromatic heterocycles. The third kappa shape index (κ3) is 3.81. The third-order valence-electron chi connectivity index (χ3n) is 2.93. The molecule has 0 unspecified atom stereocenters. The fourth-order valence-corrected chi connectivity index (χ4v) is 1.82. The Hall–Kier alpha value is -2.37. The lowest BCUT2D eigenvalue weighted by molar-refractivity contribution is 0.327. The largest absolute Gasteiger partial charge is 0.476 e. The van der Waals surface area contributed by atoms with Crippen LogP contribution in [0, 0.1) is 5.82 Å². The van der Waals surface area contributed by atoms with Crippen molar-refractivity contribution in [3.05, 3.63) is 41.5 Å². The molecule has 0 bridgehead atoms. The molecule has 0 spiro atoms. The summed E-state index contributed by atoms with van der Waals surface area (Å²) in [6, 6.07) is 6.26. The Morgan fingerprint density at radius 2 is 1.90 bits per heavy atom. The zero-order valence-electron chi connectivity index (χ0n) is 12.2. The molecule has 21 heavy (non-hydrogen) atoms. The number of rotatable bonds is 6. The fraction of sp³-hybridized carbons (Fsp3) is 0.333. The lowest BCUT2D eigenvalue weighted by atomic mass is 10.2. The predicted octanol–water partition coefficient (Wildman–Crippen LogP) is 2.77.